The first kappa shape index (κ1) is 13.8. The number of rotatable bonds is 4. The summed E-state index contributed by atoms with van der Waals surface area (Å²) in [6.07, 6.45) is 0.489. The van der Waals surface area contributed by atoms with Crippen molar-refractivity contribution in [1.29, 1.82) is 0 Å². The van der Waals surface area contributed by atoms with Gasteiger partial charge in [-0.1, -0.05) is 36.4 Å². The van der Waals surface area contributed by atoms with Gasteiger partial charge in [0, 0.05) is 16.5 Å². The molecular weight excluding hydrogens is 259 g/mol. The number of hydrogen-bond acceptors (Lipinski definition) is 2. The molecule has 0 aliphatic carbocycles. The van der Waals surface area contributed by atoms with E-state index in [9.17, 15) is 0 Å². The molecule has 0 aliphatic rings. The van der Waals surface area contributed by atoms with Gasteiger partial charge in [-0.05, 0) is 23.8 Å². The first-order valence-electron chi connectivity index (χ1n) is 5.17. The predicted molar refractivity (Wildman–Crippen MR) is 62.9 cm³/mol. The maximum absolute atomic E-state index is 8.83. The fourth-order valence-electron chi connectivity index (χ4n) is 1.49. The van der Waals surface area contributed by atoms with E-state index in [1.807, 2.05) is 54.6 Å². The molecule has 2 aromatic carbocycles. The van der Waals surface area contributed by atoms with E-state index >= 15 is 0 Å². The van der Waals surface area contributed by atoms with E-state index in [1.54, 1.807) is 0 Å². The normalized spacial score (nSPS) is 9.47. The van der Waals surface area contributed by atoms with Gasteiger partial charge in [0.1, 0.15) is 11.5 Å². The van der Waals surface area contributed by atoms with Crippen molar-refractivity contribution in [3.05, 3.63) is 66.8 Å². The van der Waals surface area contributed by atoms with Crippen molar-refractivity contribution in [2.75, 3.05) is 0 Å². The molecule has 0 aromatic heterocycles. The predicted octanol–water partition coefficient (Wildman–Crippen LogP) is 3.55. The zero-order chi connectivity index (χ0) is 11.2. The van der Waals surface area contributed by atoms with Crippen LogP contribution in [0.5, 0.6) is 11.5 Å². The Morgan fingerprint density at radius 3 is 2.29 bits per heavy atom. The minimum atomic E-state index is 0. The van der Waals surface area contributed by atoms with Crippen molar-refractivity contribution < 1.29 is 26.3 Å². The second-order valence-electron chi connectivity index (χ2n) is 3.41. The van der Waals surface area contributed by atoms with Crippen LogP contribution in [0, 0.1) is 6.61 Å². The Kier molecular flexibility index (Phi) is 5.75. The Labute approximate surface area is 111 Å². The Bertz CT molecular complexity index is 443. The number of hydrogen-bond donors (Lipinski definition) is 1. The Morgan fingerprint density at radius 2 is 1.59 bits per heavy atom. The molecule has 0 radical (unpaired) electrons. The molecule has 0 unspecified atom stereocenters. The van der Waals surface area contributed by atoms with Gasteiger partial charge in [-0.15, -0.1) is 6.42 Å². The molecule has 0 aliphatic heterocycles. The third kappa shape index (κ3) is 3.88. The van der Waals surface area contributed by atoms with Crippen LogP contribution < -0.4 is 4.74 Å². The molecule has 0 spiro atoms. The number of aliphatic hydroxyl groups excluding tert-OH is 1. The SMILES string of the molecule is O[CH-]Cc1ccccc1Oc1ccccc1.[Ni]. The van der Waals surface area contributed by atoms with Crippen LogP contribution in [-0.2, 0) is 22.9 Å². The monoisotopic (exact) mass is 271 g/mol. The van der Waals surface area contributed by atoms with Crippen LogP contribution in [0.2, 0.25) is 0 Å². The molecule has 3 heteroatoms. The third-order valence-corrected chi connectivity index (χ3v) is 2.25. The molecule has 92 valence electrons. The number of benzene rings is 2. The molecule has 2 nitrogen and oxygen atoms in total. The molecule has 0 saturated carbocycles. The quantitative estimate of drug-likeness (QED) is 0.681. The second kappa shape index (κ2) is 7.10. The van der Waals surface area contributed by atoms with E-state index < -0.39 is 0 Å². The van der Waals surface area contributed by atoms with Crippen LogP contribution in [0.4, 0.5) is 0 Å². The summed E-state index contributed by atoms with van der Waals surface area (Å²) in [7, 11) is 0. The van der Waals surface area contributed by atoms with E-state index in [2.05, 4.69) is 0 Å². The van der Waals surface area contributed by atoms with Crippen LogP contribution >= 0.6 is 0 Å². The Balaban J connectivity index is 0.00000144. The average molecular weight is 272 g/mol. The fraction of sp³-hybridized carbons (Fsp3) is 0.0714. The molecule has 17 heavy (non-hydrogen) atoms. The van der Waals surface area contributed by atoms with E-state index in [-0.39, 0.29) is 16.5 Å². The topological polar surface area (TPSA) is 29.5 Å². The van der Waals surface area contributed by atoms with E-state index in [0.29, 0.717) is 6.42 Å². The maximum Gasteiger partial charge on any atom is 0.128 e. The van der Waals surface area contributed by atoms with Gasteiger partial charge in [0.2, 0.25) is 0 Å². The van der Waals surface area contributed by atoms with Gasteiger partial charge in [0.15, 0.2) is 0 Å². The molecule has 1 N–H and O–H groups in total. The van der Waals surface area contributed by atoms with Gasteiger partial charge in [-0.2, -0.15) is 0 Å². The van der Waals surface area contributed by atoms with Crippen molar-refractivity contribution in [1.82, 2.24) is 0 Å². The van der Waals surface area contributed by atoms with Crippen LogP contribution in [0.25, 0.3) is 0 Å². The first-order valence-corrected chi connectivity index (χ1v) is 5.17. The molecule has 0 heterocycles. The summed E-state index contributed by atoms with van der Waals surface area (Å²) in [6, 6.07) is 17.3. The van der Waals surface area contributed by atoms with E-state index in [0.717, 1.165) is 23.7 Å². The second-order valence-corrected chi connectivity index (χ2v) is 3.41. The smallest absolute Gasteiger partial charge is 0.128 e. The third-order valence-electron chi connectivity index (χ3n) is 2.25. The van der Waals surface area contributed by atoms with Crippen molar-refractivity contribution in [3.8, 4) is 11.5 Å². The van der Waals surface area contributed by atoms with Crippen molar-refractivity contribution >= 4 is 0 Å². The number of aliphatic hydroxyl groups is 1. The Hall–Kier alpha value is -1.31. The van der Waals surface area contributed by atoms with Gasteiger partial charge >= 0.3 is 0 Å². The summed E-state index contributed by atoms with van der Waals surface area (Å²) >= 11 is 0. The average Bonchev–Trinajstić information content (AvgIpc) is 2.33. The summed E-state index contributed by atoms with van der Waals surface area (Å²) in [5.41, 5.74) is 0.967. The fourth-order valence-corrected chi connectivity index (χ4v) is 1.49. The van der Waals surface area contributed by atoms with E-state index in [1.165, 1.54) is 0 Å². The zero-order valence-electron chi connectivity index (χ0n) is 9.15. The Morgan fingerprint density at radius 1 is 0.941 bits per heavy atom. The molecule has 0 amide bonds. The minimum Gasteiger partial charge on any atom is -0.566 e. The van der Waals surface area contributed by atoms with Gasteiger partial charge in [-0.3, -0.25) is 0 Å². The van der Waals surface area contributed by atoms with Crippen molar-refractivity contribution in [2.24, 2.45) is 0 Å². The van der Waals surface area contributed by atoms with Gasteiger partial charge in [0.25, 0.3) is 0 Å². The summed E-state index contributed by atoms with van der Waals surface area (Å²) in [4.78, 5) is 0. The van der Waals surface area contributed by atoms with Gasteiger partial charge in [-0.25, -0.2) is 6.61 Å². The summed E-state index contributed by atoms with van der Waals surface area (Å²) < 4.78 is 5.73. The number of ether oxygens (including phenoxy) is 1. The van der Waals surface area contributed by atoms with Crippen LogP contribution in [-0.4, -0.2) is 5.11 Å². The zero-order valence-corrected chi connectivity index (χ0v) is 10.1. The summed E-state index contributed by atoms with van der Waals surface area (Å²) in [6.45, 7) is 1.13. The molecule has 0 saturated heterocycles. The van der Waals surface area contributed by atoms with Crippen LogP contribution in [0.3, 0.4) is 0 Å². The molecular formula is C14H13NiO2-. The molecule has 0 fully saturated rings. The largest absolute Gasteiger partial charge is 0.566 e. The maximum atomic E-state index is 8.83. The molecule has 0 bridgehead atoms. The molecule has 0 atom stereocenters. The van der Waals surface area contributed by atoms with Crippen LogP contribution in [0.15, 0.2) is 54.6 Å². The summed E-state index contributed by atoms with van der Waals surface area (Å²) in [5, 5.41) is 8.83. The number of para-hydroxylation sites is 2. The molecule has 2 aromatic rings. The van der Waals surface area contributed by atoms with E-state index in [4.69, 9.17) is 9.84 Å². The standard InChI is InChI=1S/C14H13O2.Ni/c15-11-10-12-6-4-5-9-14(12)16-13-7-2-1-3-8-13;/h1-9,11,15H,10H2;/q-1;. The van der Waals surface area contributed by atoms with Crippen molar-refractivity contribution in [3.63, 3.8) is 0 Å². The summed E-state index contributed by atoms with van der Waals surface area (Å²) in [5.74, 6) is 1.58. The van der Waals surface area contributed by atoms with Crippen LogP contribution in [0.1, 0.15) is 5.56 Å². The van der Waals surface area contributed by atoms with Gasteiger partial charge < -0.3 is 9.84 Å². The first-order chi connectivity index (χ1) is 7.90. The molecule has 2 rings (SSSR count). The van der Waals surface area contributed by atoms with Crippen molar-refractivity contribution in [2.45, 2.75) is 6.42 Å². The minimum absolute atomic E-state index is 0. The van der Waals surface area contributed by atoms with Gasteiger partial charge in [0.05, 0.1) is 0 Å².